The molecule has 1 heterocycles. The summed E-state index contributed by atoms with van der Waals surface area (Å²) >= 11 is 0. The molecule has 0 spiro atoms. The van der Waals surface area contributed by atoms with Crippen molar-refractivity contribution in [3.8, 4) is 5.75 Å². The number of carbonyl (C=O) groups is 1. The zero-order valence-electron chi connectivity index (χ0n) is 17.8. The first-order valence-corrected chi connectivity index (χ1v) is 11.8. The van der Waals surface area contributed by atoms with Gasteiger partial charge >= 0.3 is 0 Å². The van der Waals surface area contributed by atoms with Crippen molar-refractivity contribution in [2.24, 2.45) is 5.92 Å². The van der Waals surface area contributed by atoms with Crippen molar-refractivity contribution < 1.29 is 17.9 Å². The van der Waals surface area contributed by atoms with Crippen LogP contribution in [0, 0.1) is 5.92 Å². The normalized spacial score (nSPS) is 15.4. The van der Waals surface area contributed by atoms with Gasteiger partial charge in [0.2, 0.25) is 10.0 Å². The number of rotatable bonds is 8. The average molecular weight is 431 g/mol. The molecule has 1 amide bonds. The van der Waals surface area contributed by atoms with Crippen molar-refractivity contribution in [1.82, 2.24) is 9.62 Å². The number of hydrogen-bond acceptors (Lipinski definition) is 4. The first kappa shape index (κ1) is 22.3. The van der Waals surface area contributed by atoms with Gasteiger partial charge in [0, 0.05) is 19.1 Å². The van der Waals surface area contributed by atoms with Crippen LogP contribution in [0.25, 0.3) is 0 Å². The molecule has 7 heteroatoms. The number of nitrogens with zero attached hydrogens (tertiary/aromatic N) is 1. The minimum Gasteiger partial charge on any atom is -0.496 e. The molecule has 1 atom stereocenters. The summed E-state index contributed by atoms with van der Waals surface area (Å²) in [5, 5.41) is 0. The van der Waals surface area contributed by atoms with Crippen LogP contribution in [0.5, 0.6) is 5.75 Å². The first-order valence-electron chi connectivity index (χ1n) is 10.4. The number of ether oxygens (including phenoxy) is 1. The molecule has 6 nitrogen and oxygen atoms in total. The Kier molecular flexibility index (Phi) is 7.15. The Bertz CT molecular complexity index is 968. The van der Waals surface area contributed by atoms with Crippen LogP contribution < -0.4 is 9.46 Å². The van der Waals surface area contributed by atoms with Crippen LogP contribution in [0.3, 0.4) is 0 Å². The van der Waals surface area contributed by atoms with Gasteiger partial charge in [0.1, 0.15) is 5.75 Å². The maximum absolute atomic E-state index is 13.2. The maximum atomic E-state index is 13.2. The van der Waals surface area contributed by atoms with Crippen LogP contribution >= 0.6 is 0 Å². The summed E-state index contributed by atoms with van der Waals surface area (Å²) in [5.74, 6) is 0.497. The second-order valence-corrected chi connectivity index (χ2v) is 9.79. The van der Waals surface area contributed by atoms with Gasteiger partial charge in [-0.05, 0) is 48.9 Å². The molecule has 3 rings (SSSR count). The molecule has 1 N–H and O–H groups in total. The Labute approximate surface area is 179 Å². The molecular formula is C23H30N2O4S. The van der Waals surface area contributed by atoms with E-state index in [1.54, 1.807) is 11.0 Å². The fourth-order valence-electron chi connectivity index (χ4n) is 3.78. The minimum absolute atomic E-state index is 0.0653. The third-order valence-electron chi connectivity index (χ3n) is 5.31. The van der Waals surface area contributed by atoms with E-state index in [1.807, 2.05) is 30.3 Å². The fraction of sp³-hybridized carbons (Fsp3) is 0.435. The van der Waals surface area contributed by atoms with E-state index in [9.17, 15) is 13.2 Å². The number of hydrogen-bond donors (Lipinski definition) is 1. The van der Waals surface area contributed by atoms with Crippen molar-refractivity contribution in [2.75, 3.05) is 20.2 Å². The van der Waals surface area contributed by atoms with Crippen molar-refractivity contribution in [3.63, 3.8) is 0 Å². The van der Waals surface area contributed by atoms with Crippen molar-refractivity contribution >= 4 is 15.9 Å². The van der Waals surface area contributed by atoms with Gasteiger partial charge in [0.25, 0.3) is 5.91 Å². The summed E-state index contributed by atoms with van der Waals surface area (Å²) in [6.45, 7) is 5.48. The number of methoxy groups -OCH3 is 1. The predicted molar refractivity (Wildman–Crippen MR) is 117 cm³/mol. The van der Waals surface area contributed by atoms with E-state index in [0.29, 0.717) is 31.2 Å². The number of benzene rings is 2. The molecule has 0 saturated carbocycles. The molecule has 1 fully saturated rings. The Hall–Kier alpha value is -2.38. The topological polar surface area (TPSA) is 75.7 Å². The molecule has 0 bridgehead atoms. The smallest absolute Gasteiger partial charge is 0.257 e. The summed E-state index contributed by atoms with van der Waals surface area (Å²) in [6, 6.07) is 13.7. The van der Waals surface area contributed by atoms with Crippen LogP contribution in [-0.4, -0.2) is 39.4 Å². The molecule has 1 aliphatic rings. The Morgan fingerprint density at radius 3 is 2.37 bits per heavy atom. The van der Waals surface area contributed by atoms with Crippen LogP contribution in [0.1, 0.15) is 55.1 Å². The molecule has 162 valence electrons. The molecule has 0 aromatic heterocycles. The Morgan fingerprint density at radius 1 is 1.10 bits per heavy atom. The van der Waals surface area contributed by atoms with Crippen molar-refractivity contribution in [2.45, 2.75) is 44.0 Å². The molecule has 0 aliphatic carbocycles. The summed E-state index contributed by atoms with van der Waals surface area (Å²) < 4.78 is 34.6. The van der Waals surface area contributed by atoms with E-state index >= 15 is 0 Å². The Balaban J connectivity index is 1.92. The number of amides is 1. The molecular weight excluding hydrogens is 400 g/mol. The second-order valence-electron chi connectivity index (χ2n) is 8.08. The monoisotopic (exact) mass is 430 g/mol. The third-order valence-corrected chi connectivity index (χ3v) is 6.78. The number of sulfonamides is 1. The third kappa shape index (κ3) is 5.21. The van der Waals surface area contributed by atoms with Gasteiger partial charge in [-0.2, -0.15) is 0 Å². The van der Waals surface area contributed by atoms with Crippen LogP contribution in [0.2, 0.25) is 0 Å². The predicted octanol–water partition coefficient (Wildman–Crippen LogP) is 4.00. The summed E-state index contributed by atoms with van der Waals surface area (Å²) in [6.07, 6.45) is 2.59. The largest absolute Gasteiger partial charge is 0.496 e. The van der Waals surface area contributed by atoms with E-state index in [-0.39, 0.29) is 22.4 Å². The van der Waals surface area contributed by atoms with E-state index in [1.165, 1.54) is 19.2 Å². The highest BCUT2D eigenvalue weighted by molar-refractivity contribution is 7.89. The second kappa shape index (κ2) is 9.62. The summed E-state index contributed by atoms with van der Waals surface area (Å²) in [7, 11) is -2.35. The molecule has 2 aromatic carbocycles. The lowest BCUT2D eigenvalue weighted by molar-refractivity contribution is 0.0789. The van der Waals surface area contributed by atoms with Crippen LogP contribution in [-0.2, 0) is 10.0 Å². The van der Waals surface area contributed by atoms with Crippen LogP contribution in [0.4, 0.5) is 0 Å². The minimum atomic E-state index is -3.83. The lowest BCUT2D eigenvalue weighted by Gasteiger charge is -2.22. The number of carbonyl (C=O) groups excluding carboxylic acids is 1. The van der Waals surface area contributed by atoms with Gasteiger partial charge in [-0.1, -0.05) is 44.2 Å². The molecule has 1 saturated heterocycles. The SMILES string of the molecule is COc1ccc(S(=O)(=O)NC(CC(C)C)c2ccccc2)cc1C(=O)N1CCCC1. The van der Waals surface area contributed by atoms with Crippen LogP contribution in [0.15, 0.2) is 53.4 Å². The van der Waals surface area contributed by atoms with Crippen molar-refractivity contribution in [1.29, 1.82) is 0 Å². The average Bonchev–Trinajstić information content (AvgIpc) is 3.27. The van der Waals surface area contributed by atoms with Gasteiger partial charge in [-0.25, -0.2) is 13.1 Å². The highest BCUT2D eigenvalue weighted by atomic mass is 32.2. The molecule has 30 heavy (non-hydrogen) atoms. The molecule has 0 radical (unpaired) electrons. The van der Waals surface area contributed by atoms with Gasteiger partial charge in [-0.15, -0.1) is 0 Å². The molecule has 1 unspecified atom stereocenters. The van der Waals surface area contributed by atoms with Gasteiger partial charge in [-0.3, -0.25) is 4.79 Å². The first-order chi connectivity index (χ1) is 14.3. The van der Waals surface area contributed by atoms with E-state index in [0.717, 1.165) is 18.4 Å². The highest BCUT2D eigenvalue weighted by Crippen LogP contribution is 2.28. The lowest BCUT2D eigenvalue weighted by atomic mass is 9.98. The quantitative estimate of drug-likeness (QED) is 0.687. The lowest BCUT2D eigenvalue weighted by Crippen LogP contribution is -2.31. The van der Waals surface area contributed by atoms with Gasteiger partial charge < -0.3 is 9.64 Å². The summed E-state index contributed by atoms with van der Waals surface area (Å²) in [5.41, 5.74) is 1.19. The Morgan fingerprint density at radius 2 is 1.77 bits per heavy atom. The highest BCUT2D eigenvalue weighted by Gasteiger charge is 2.27. The zero-order valence-corrected chi connectivity index (χ0v) is 18.6. The number of likely N-dealkylation sites (tertiary alicyclic amines) is 1. The van der Waals surface area contributed by atoms with Crippen molar-refractivity contribution in [3.05, 3.63) is 59.7 Å². The standard InChI is InChI=1S/C23H30N2O4S/c1-17(2)15-21(18-9-5-4-6-10-18)24-30(27,28)19-11-12-22(29-3)20(16-19)23(26)25-13-7-8-14-25/h4-6,9-12,16-17,21,24H,7-8,13-15H2,1-3H3. The maximum Gasteiger partial charge on any atom is 0.257 e. The summed E-state index contributed by atoms with van der Waals surface area (Å²) in [4.78, 5) is 14.7. The molecule has 1 aliphatic heterocycles. The van der Waals surface area contributed by atoms with E-state index < -0.39 is 10.0 Å². The zero-order chi connectivity index (χ0) is 21.7. The fourth-order valence-corrected chi connectivity index (χ4v) is 5.04. The molecule has 2 aromatic rings. The number of nitrogens with one attached hydrogen (secondary N) is 1. The van der Waals surface area contributed by atoms with E-state index in [4.69, 9.17) is 4.74 Å². The van der Waals surface area contributed by atoms with Gasteiger partial charge in [0.05, 0.1) is 17.6 Å². The van der Waals surface area contributed by atoms with E-state index in [2.05, 4.69) is 18.6 Å². The van der Waals surface area contributed by atoms with Gasteiger partial charge in [0.15, 0.2) is 0 Å².